The summed E-state index contributed by atoms with van der Waals surface area (Å²) in [5.41, 5.74) is -0.0506. The van der Waals surface area contributed by atoms with E-state index in [-0.39, 0.29) is 16.9 Å². The first-order chi connectivity index (χ1) is 6.50. The standard InChI is InChI=1S/C7H9N3O3S/c1-10(7(12)13)3-4-2-8-6(14)9-5(4)11/h2H,3H2,1H3,(H,12,13)(H2,8,9,11,14). The number of hydrogen-bond donors (Lipinski definition) is 3. The molecule has 1 aromatic heterocycles. The van der Waals surface area contributed by atoms with Crippen molar-refractivity contribution in [1.82, 2.24) is 14.9 Å². The highest BCUT2D eigenvalue weighted by Gasteiger charge is 2.08. The molecule has 0 radical (unpaired) electrons. The van der Waals surface area contributed by atoms with Gasteiger partial charge in [0.15, 0.2) is 4.77 Å². The average molecular weight is 215 g/mol. The molecule has 1 amide bonds. The molecule has 1 rings (SSSR count). The number of aromatic amines is 2. The van der Waals surface area contributed by atoms with E-state index in [1.807, 2.05) is 0 Å². The van der Waals surface area contributed by atoms with E-state index in [9.17, 15) is 9.59 Å². The molecule has 0 unspecified atom stereocenters. The topological polar surface area (TPSA) is 89.2 Å². The molecule has 0 saturated carbocycles. The number of carbonyl (C=O) groups is 1. The Kier molecular flexibility index (Phi) is 3.03. The molecule has 7 heteroatoms. The molecule has 0 fully saturated rings. The highest BCUT2D eigenvalue weighted by molar-refractivity contribution is 7.71. The van der Waals surface area contributed by atoms with E-state index in [1.165, 1.54) is 13.2 Å². The highest BCUT2D eigenvalue weighted by atomic mass is 32.1. The Bertz CT molecular complexity index is 450. The zero-order valence-corrected chi connectivity index (χ0v) is 8.22. The molecule has 0 atom stereocenters. The largest absolute Gasteiger partial charge is 0.465 e. The molecule has 1 heterocycles. The number of nitrogens with one attached hydrogen (secondary N) is 2. The fraction of sp³-hybridized carbons (Fsp3) is 0.286. The van der Waals surface area contributed by atoms with Gasteiger partial charge in [-0.15, -0.1) is 0 Å². The first kappa shape index (κ1) is 10.5. The number of amides is 1. The Hall–Kier alpha value is -1.63. The maximum Gasteiger partial charge on any atom is 0.407 e. The second-order valence-corrected chi connectivity index (χ2v) is 3.14. The zero-order valence-electron chi connectivity index (χ0n) is 7.40. The highest BCUT2D eigenvalue weighted by Crippen LogP contribution is 1.94. The summed E-state index contributed by atoms with van der Waals surface area (Å²) in [7, 11) is 1.38. The van der Waals surface area contributed by atoms with Gasteiger partial charge < -0.3 is 15.0 Å². The van der Waals surface area contributed by atoms with Crippen LogP contribution in [0.1, 0.15) is 5.56 Å². The Balaban J connectivity index is 2.93. The second kappa shape index (κ2) is 4.05. The SMILES string of the molecule is CN(Cc1c[nH]c(=S)[nH]c1=O)C(=O)O. The van der Waals surface area contributed by atoms with Crippen LogP contribution in [0.3, 0.4) is 0 Å². The minimum atomic E-state index is -1.09. The lowest BCUT2D eigenvalue weighted by molar-refractivity contribution is 0.153. The van der Waals surface area contributed by atoms with E-state index in [1.54, 1.807) is 0 Å². The molecule has 0 aliphatic carbocycles. The maximum absolute atomic E-state index is 11.2. The van der Waals surface area contributed by atoms with Crippen LogP contribution in [0, 0.1) is 4.77 Å². The van der Waals surface area contributed by atoms with Gasteiger partial charge >= 0.3 is 6.09 Å². The lowest BCUT2D eigenvalue weighted by atomic mass is 10.3. The van der Waals surface area contributed by atoms with Crippen molar-refractivity contribution < 1.29 is 9.90 Å². The summed E-state index contributed by atoms with van der Waals surface area (Å²) in [5.74, 6) is 0. The van der Waals surface area contributed by atoms with Crippen molar-refractivity contribution in [3.8, 4) is 0 Å². The van der Waals surface area contributed by atoms with E-state index in [2.05, 4.69) is 22.2 Å². The van der Waals surface area contributed by atoms with Crippen LogP contribution in [-0.2, 0) is 6.54 Å². The van der Waals surface area contributed by atoms with E-state index in [0.717, 1.165) is 4.90 Å². The van der Waals surface area contributed by atoms with Crippen LogP contribution in [0.2, 0.25) is 0 Å². The van der Waals surface area contributed by atoms with Crippen molar-refractivity contribution in [2.24, 2.45) is 0 Å². The van der Waals surface area contributed by atoms with Gasteiger partial charge in [0.05, 0.1) is 12.1 Å². The molecular weight excluding hydrogens is 206 g/mol. The molecule has 14 heavy (non-hydrogen) atoms. The Labute approximate surface area is 84.2 Å². The molecule has 0 aromatic carbocycles. The van der Waals surface area contributed by atoms with E-state index >= 15 is 0 Å². The molecular formula is C7H9N3O3S. The van der Waals surface area contributed by atoms with Crippen molar-refractivity contribution in [1.29, 1.82) is 0 Å². The summed E-state index contributed by atoms with van der Waals surface area (Å²) in [6.45, 7) is 0.0246. The van der Waals surface area contributed by atoms with Crippen LogP contribution in [0.15, 0.2) is 11.0 Å². The summed E-state index contributed by atoms with van der Waals surface area (Å²) in [6.07, 6.45) is 0.312. The van der Waals surface area contributed by atoms with Crippen LogP contribution in [0.5, 0.6) is 0 Å². The van der Waals surface area contributed by atoms with Crippen molar-refractivity contribution in [2.75, 3.05) is 7.05 Å². The Morgan fingerprint density at radius 2 is 2.36 bits per heavy atom. The predicted molar refractivity (Wildman–Crippen MR) is 51.7 cm³/mol. The fourth-order valence-corrected chi connectivity index (χ4v) is 1.03. The molecule has 1 aromatic rings. The molecule has 0 aliphatic heterocycles. The van der Waals surface area contributed by atoms with Gasteiger partial charge in [0.2, 0.25) is 0 Å². The number of nitrogens with zero attached hydrogens (tertiary/aromatic N) is 1. The van der Waals surface area contributed by atoms with Crippen molar-refractivity contribution >= 4 is 18.3 Å². The van der Waals surface area contributed by atoms with Crippen molar-refractivity contribution in [3.63, 3.8) is 0 Å². The summed E-state index contributed by atoms with van der Waals surface area (Å²) < 4.78 is 0.219. The third-order valence-electron chi connectivity index (χ3n) is 1.63. The molecule has 76 valence electrons. The quantitative estimate of drug-likeness (QED) is 0.628. The van der Waals surface area contributed by atoms with Crippen molar-refractivity contribution in [3.05, 3.63) is 26.9 Å². The van der Waals surface area contributed by atoms with Gasteiger partial charge in [-0.05, 0) is 12.2 Å². The monoisotopic (exact) mass is 215 g/mol. The first-order valence-electron chi connectivity index (χ1n) is 3.75. The predicted octanol–water partition coefficient (Wildman–Crippen LogP) is 0.542. The molecule has 3 N–H and O–H groups in total. The van der Waals surface area contributed by atoms with E-state index in [0.29, 0.717) is 5.56 Å². The minimum absolute atomic E-state index is 0.0246. The lowest BCUT2D eigenvalue weighted by Crippen LogP contribution is -2.27. The van der Waals surface area contributed by atoms with Crippen LogP contribution < -0.4 is 5.56 Å². The number of aromatic nitrogens is 2. The zero-order chi connectivity index (χ0) is 10.7. The summed E-state index contributed by atoms with van der Waals surface area (Å²) in [6, 6.07) is 0. The van der Waals surface area contributed by atoms with Crippen LogP contribution in [0.25, 0.3) is 0 Å². The average Bonchev–Trinajstić information content (AvgIpc) is 2.09. The Morgan fingerprint density at radius 1 is 1.71 bits per heavy atom. The maximum atomic E-state index is 11.2. The van der Waals surface area contributed by atoms with Gasteiger partial charge in [-0.3, -0.25) is 9.78 Å². The van der Waals surface area contributed by atoms with Gasteiger partial charge in [0, 0.05) is 13.2 Å². The number of H-pyrrole nitrogens is 2. The summed E-state index contributed by atoms with van der Waals surface area (Å²) >= 11 is 4.68. The molecule has 0 bridgehead atoms. The minimum Gasteiger partial charge on any atom is -0.465 e. The second-order valence-electron chi connectivity index (χ2n) is 2.74. The smallest absolute Gasteiger partial charge is 0.407 e. The van der Waals surface area contributed by atoms with Crippen LogP contribution in [0.4, 0.5) is 4.79 Å². The normalized spacial score (nSPS) is 9.79. The molecule has 6 nitrogen and oxygen atoms in total. The molecule has 0 spiro atoms. The van der Waals surface area contributed by atoms with E-state index < -0.39 is 6.09 Å². The van der Waals surface area contributed by atoms with Crippen LogP contribution in [-0.4, -0.2) is 33.1 Å². The first-order valence-corrected chi connectivity index (χ1v) is 4.16. The summed E-state index contributed by atoms with van der Waals surface area (Å²) in [5, 5.41) is 8.57. The number of rotatable bonds is 2. The molecule has 0 saturated heterocycles. The summed E-state index contributed by atoms with van der Waals surface area (Å²) in [4.78, 5) is 27.7. The third kappa shape index (κ3) is 2.43. The lowest BCUT2D eigenvalue weighted by Gasteiger charge is -2.11. The van der Waals surface area contributed by atoms with E-state index in [4.69, 9.17) is 5.11 Å². The van der Waals surface area contributed by atoms with Gasteiger partial charge in [-0.1, -0.05) is 0 Å². The van der Waals surface area contributed by atoms with Crippen molar-refractivity contribution in [2.45, 2.75) is 6.54 Å². The van der Waals surface area contributed by atoms with Crippen LogP contribution >= 0.6 is 12.2 Å². The van der Waals surface area contributed by atoms with Gasteiger partial charge in [-0.2, -0.15) is 0 Å². The van der Waals surface area contributed by atoms with Gasteiger partial charge in [0.25, 0.3) is 5.56 Å². The fourth-order valence-electron chi connectivity index (χ4n) is 0.878. The molecule has 0 aliphatic rings. The number of hydrogen-bond acceptors (Lipinski definition) is 3. The van der Waals surface area contributed by atoms with Gasteiger partial charge in [0.1, 0.15) is 0 Å². The Morgan fingerprint density at radius 3 is 2.86 bits per heavy atom. The van der Waals surface area contributed by atoms with Gasteiger partial charge in [-0.25, -0.2) is 4.79 Å². The third-order valence-corrected chi connectivity index (χ3v) is 1.85. The number of carboxylic acid groups (broad SMARTS) is 1.